The number of ether oxygens (including phenoxy) is 1. The third kappa shape index (κ3) is 6.03. The van der Waals surface area contributed by atoms with Gasteiger partial charge in [-0.1, -0.05) is 0 Å². The molecule has 0 aliphatic carbocycles. The number of aliphatic hydroxyl groups is 1. The smallest absolute Gasteiger partial charge is 0.227 e. The van der Waals surface area contributed by atoms with Crippen LogP contribution in [0.15, 0.2) is 24.3 Å². The molecule has 6 heteroatoms. The van der Waals surface area contributed by atoms with Crippen molar-refractivity contribution in [1.29, 1.82) is 0 Å². The standard InChI is InChI=1S/C11H16N2O3S/c12-8-1-3-10(4-2-8)16-5-9(14)6-17-7-11(13)15/h1-4,9,14H,5-7,12H2,(H2,13,15). The Balaban J connectivity index is 2.21. The minimum atomic E-state index is -0.628. The Morgan fingerprint density at radius 2 is 2.06 bits per heavy atom. The van der Waals surface area contributed by atoms with E-state index in [9.17, 15) is 9.90 Å². The summed E-state index contributed by atoms with van der Waals surface area (Å²) in [7, 11) is 0. The number of benzene rings is 1. The van der Waals surface area contributed by atoms with Crippen LogP contribution in [0.4, 0.5) is 5.69 Å². The van der Waals surface area contributed by atoms with Gasteiger partial charge in [0.2, 0.25) is 5.91 Å². The zero-order chi connectivity index (χ0) is 12.7. The molecule has 0 bridgehead atoms. The number of nitrogens with two attached hydrogens (primary N) is 2. The van der Waals surface area contributed by atoms with E-state index in [1.807, 2.05) is 0 Å². The summed E-state index contributed by atoms with van der Waals surface area (Å²) in [6, 6.07) is 6.92. The first kappa shape index (κ1) is 13.7. The van der Waals surface area contributed by atoms with Crippen molar-refractivity contribution in [2.24, 2.45) is 5.73 Å². The summed E-state index contributed by atoms with van der Waals surface area (Å²) in [6.45, 7) is 0.176. The van der Waals surface area contributed by atoms with Crippen LogP contribution in [0.25, 0.3) is 0 Å². The second-order valence-electron chi connectivity index (χ2n) is 3.52. The number of carbonyl (C=O) groups is 1. The number of aliphatic hydroxyl groups excluding tert-OH is 1. The minimum absolute atomic E-state index is 0.176. The van der Waals surface area contributed by atoms with Crippen LogP contribution in [-0.2, 0) is 4.79 Å². The highest BCUT2D eigenvalue weighted by Crippen LogP contribution is 2.13. The summed E-state index contributed by atoms with van der Waals surface area (Å²) in [6.07, 6.45) is -0.628. The van der Waals surface area contributed by atoms with Gasteiger partial charge in [-0.3, -0.25) is 4.79 Å². The highest BCUT2D eigenvalue weighted by atomic mass is 32.2. The van der Waals surface area contributed by atoms with Crippen LogP contribution < -0.4 is 16.2 Å². The molecule has 5 nitrogen and oxygen atoms in total. The molecular weight excluding hydrogens is 240 g/mol. The number of amides is 1. The van der Waals surface area contributed by atoms with Gasteiger partial charge in [-0.05, 0) is 24.3 Å². The molecule has 0 spiro atoms. The molecular formula is C11H16N2O3S. The molecule has 0 saturated heterocycles. The van der Waals surface area contributed by atoms with Gasteiger partial charge in [-0.25, -0.2) is 0 Å². The Labute approximate surface area is 104 Å². The van der Waals surface area contributed by atoms with Gasteiger partial charge in [-0.2, -0.15) is 0 Å². The second kappa shape index (κ2) is 7.03. The van der Waals surface area contributed by atoms with Crippen molar-refractivity contribution in [1.82, 2.24) is 0 Å². The predicted molar refractivity (Wildman–Crippen MR) is 68.9 cm³/mol. The van der Waals surface area contributed by atoms with Crippen molar-refractivity contribution in [2.45, 2.75) is 6.10 Å². The third-order valence-corrected chi connectivity index (χ3v) is 2.99. The fourth-order valence-electron chi connectivity index (χ4n) is 1.10. The molecule has 1 rings (SSSR count). The van der Waals surface area contributed by atoms with Crippen LogP contribution in [0, 0.1) is 0 Å². The van der Waals surface area contributed by atoms with Gasteiger partial charge in [0.1, 0.15) is 12.4 Å². The third-order valence-electron chi connectivity index (χ3n) is 1.88. The number of hydrogen-bond donors (Lipinski definition) is 3. The Morgan fingerprint density at radius 3 is 2.65 bits per heavy atom. The van der Waals surface area contributed by atoms with Gasteiger partial charge >= 0.3 is 0 Å². The lowest BCUT2D eigenvalue weighted by molar-refractivity contribution is -0.115. The molecule has 0 aromatic heterocycles. The maximum absolute atomic E-state index is 10.5. The van der Waals surface area contributed by atoms with E-state index in [2.05, 4.69) is 0 Å². The number of rotatable bonds is 7. The SMILES string of the molecule is NC(=O)CSCC(O)COc1ccc(N)cc1. The van der Waals surface area contributed by atoms with Crippen molar-refractivity contribution >= 4 is 23.4 Å². The summed E-state index contributed by atoms with van der Waals surface area (Å²) in [5.41, 5.74) is 11.2. The van der Waals surface area contributed by atoms with Crippen LogP contribution in [-0.4, -0.2) is 35.2 Å². The first-order valence-electron chi connectivity index (χ1n) is 5.10. The summed E-state index contributed by atoms with van der Waals surface area (Å²) in [5.74, 6) is 0.886. The highest BCUT2D eigenvalue weighted by Gasteiger charge is 2.06. The molecule has 1 atom stereocenters. The predicted octanol–water partition coefficient (Wildman–Crippen LogP) is 0.227. The monoisotopic (exact) mass is 256 g/mol. The van der Waals surface area contributed by atoms with E-state index in [1.165, 1.54) is 11.8 Å². The van der Waals surface area contributed by atoms with Gasteiger partial charge in [0, 0.05) is 11.4 Å². The van der Waals surface area contributed by atoms with Crippen molar-refractivity contribution in [3.05, 3.63) is 24.3 Å². The molecule has 1 aromatic rings. The number of carbonyl (C=O) groups excluding carboxylic acids is 1. The van der Waals surface area contributed by atoms with E-state index in [0.29, 0.717) is 17.2 Å². The zero-order valence-electron chi connectivity index (χ0n) is 9.33. The molecule has 1 amide bonds. The van der Waals surface area contributed by atoms with Gasteiger partial charge in [0.25, 0.3) is 0 Å². The van der Waals surface area contributed by atoms with Crippen LogP contribution in [0.3, 0.4) is 0 Å². The molecule has 17 heavy (non-hydrogen) atoms. The van der Waals surface area contributed by atoms with Crippen LogP contribution in [0.2, 0.25) is 0 Å². The van der Waals surface area contributed by atoms with E-state index in [4.69, 9.17) is 16.2 Å². The largest absolute Gasteiger partial charge is 0.491 e. The number of nitrogen functional groups attached to an aromatic ring is 1. The average Bonchev–Trinajstić information content (AvgIpc) is 2.28. The average molecular weight is 256 g/mol. The molecule has 94 valence electrons. The topological polar surface area (TPSA) is 98.6 Å². The zero-order valence-corrected chi connectivity index (χ0v) is 10.2. The van der Waals surface area contributed by atoms with E-state index in [1.54, 1.807) is 24.3 Å². The lowest BCUT2D eigenvalue weighted by Crippen LogP contribution is -2.22. The lowest BCUT2D eigenvalue weighted by atomic mass is 10.3. The van der Waals surface area contributed by atoms with Gasteiger partial charge in [-0.15, -0.1) is 11.8 Å². The van der Waals surface area contributed by atoms with E-state index in [-0.39, 0.29) is 18.3 Å². The molecule has 0 fully saturated rings. The first-order chi connectivity index (χ1) is 8.08. The maximum Gasteiger partial charge on any atom is 0.227 e. The highest BCUT2D eigenvalue weighted by molar-refractivity contribution is 7.99. The molecule has 1 unspecified atom stereocenters. The quantitative estimate of drug-likeness (QED) is 0.606. The fourth-order valence-corrected chi connectivity index (χ4v) is 1.79. The normalized spacial score (nSPS) is 12.1. The molecule has 0 radical (unpaired) electrons. The van der Waals surface area contributed by atoms with E-state index in [0.717, 1.165) is 0 Å². The fraction of sp³-hybridized carbons (Fsp3) is 0.364. The van der Waals surface area contributed by atoms with E-state index >= 15 is 0 Å². The van der Waals surface area contributed by atoms with Gasteiger partial charge < -0.3 is 21.3 Å². The Bertz CT molecular complexity index is 356. The molecule has 5 N–H and O–H groups in total. The summed E-state index contributed by atoms with van der Waals surface area (Å²) >= 11 is 1.28. The summed E-state index contributed by atoms with van der Waals surface area (Å²) in [5, 5.41) is 9.56. The van der Waals surface area contributed by atoms with Crippen LogP contribution >= 0.6 is 11.8 Å². The lowest BCUT2D eigenvalue weighted by Gasteiger charge is -2.11. The molecule has 0 saturated carbocycles. The summed E-state index contributed by atoms with van der Waals surface area (Å²) < 4.78 is 5.35. The Hall–Kier alpha value is -1.40. The second-order valence-corrected chi connectivity index (χ2v) is 4.55. The minimum Gasteiger partial charge on any atom is -0.491 e. The van der Waals surface area contributed by atoms with Gasteiger partial charge in [0.05, 0.1) is 11.9 Å². The van der Waals surface area contributed by atoms with Crippen LogP contribution in [0.1, 0.15) is 0 Å². The van der Waals surface area contributed by atoms with Gasteiger partial charge in [0.15, 0.2) is 0 Å². The van der Waals surface area contributed by atoms with E-state index < -0.39 is 6.10 Å². The Morgan fingerprint density at radius 1 is 1.41 bits per heavy atom. The van der Waals surface area contributed by atoms with Crippen LogP contribution in [0.5, 0.6) is 5.75 Å². The number of hydrogen-bond acceptors (Lipinski definition) is 5. The van der Waals surface area contributed by atoms with Crippen molar-refractivity contribution < 1.29 is 14.6 Å². The first-order valence-corrected chi connectivity index (χ1v) is 6.26. The maximum atomic E-state index is 10.5. The number of thioether (sulfide) groups is 1. The van der Waals surface area contributed by atoms with Crippen molar-refractivity contribution in [2.75, 3.05) is 23.8 Å². The van der Waals surface area contributed by atoms with Crippen molar-refractivity contribution in [3.8, 4) is 5.75 Å². The number of primary amides is 1. The molecule has 0 heterocycles. The molecule has 0 aliphatic rings. The Kier molecular flexibility index (Phi) is 5.65. The molecule has 1 aromatic carbocycles. The summed E-state index contributed by atoms with van der Waals surface area (Å²) in [4.78, 5) is 10.5. The number of anilines is 1. The van der Waals surface area contributed by atoms with Crippen molar-refractivity contribution in [3.63, 3.8) is 0 Å². The molecule has 0 aliphatic heterocycles.